The highest BCUT2D eigenvalue weighted by molar-refractivity contribution is 9.09. The molecule has 2 atom stereocenters. The standard InChI is InChI=1S/C19H19BrClNO2/c1-3-15(16-9-22-18(20)6-11(16)2)19(23)13-7-12-8-14(21)4-5-17(12)24-10-13/h3-6,8-9,13,18,22H,7,10H2,1-2H3/b15-3+. The molecule has 24 heavy (non-hydrogen) atoms. The van der Waals surface area contributed by atoms with Gasteiger partial charge in [-0.25, -0.2) is 0 Å². The van der Waals surface area contributed by atoms with Crippen LogP contribution in [0.3, 0.4) is 0 Å². The van der Waals surface area contributed by atoms with Crippen molar-refractivity contribution in [3.63, 3.8) is 0 Å². The summed E-state index contributed by atoms with van der Waals surface area (Å²) in [6, 6.07) is 5.56. The van der Waals surface area contributed by atoms with Crippen LogP contribution in [0.4, 0.5) is 0 Å². The van der Waals surface area contributed by atoms with Crippen molar-refractivity contribution in [2.24, 2.45) is 5.92 Å². The maximum atomic E-state index is 13.1. The molecule has 1 aromatic rings. The molecule has 0 aromatic heterocycles. The third-order valence-corrected chi connectivity index (χ3v) is 5.12. The fourth-order valence-corrected chi connectivity index (χ4v) is 3.83. The quantitative estimate of drug-likeness (QED) is 0.452. The molecule has 5 heteroatoms. The summed E-state index contributed by atoms with van der Waals surface area (Å²) in [5.41, 5.74) is 3.74. The van der Waals surface area contributed by atoms with Gasteiger partial charge in [-0.2, -0.15) is 0 Å². The molecular formula is C19H19BrClNO2. The molecule has 0 fully saturated rings. The van der Waals surface area contributed by atoms with E-state index in [1.165, 1.54) is 0 Å². The van der Waals surface area contributed by atoms with Gasteiger partial charge < -0.3 is 10.1 Å². The van der Waals surface area contributed by atoms with E-state index in [2.05, 4.69) is 27.3 Å². The van der Waals surface area contributed by atoms with Crippen LogP contribution in [0, 0.1) is 5.92 Å². The first kappa shape index (κ1) is 17.3. The van der Waals surface area contributed by atoms with Crippen LogP contribution in [0.15, 0.2) is 53.3 Å². The van der Waals surface area contributed by atoms with Crippen LogP contribution < -0.4 is 10.1 Å². The van der Waals surface area contributed by atoms with Crippen LogP contribution in [0.25, 0.3) is 0 Å². The molecular weight excluding hydrogens is 390 g/mol. The van der Waals surface area contributed by atoms with Gasteiger partial charge in [-0.1, -0.05) is 33.6 Å². The van der Waals surface area contributed by atoms with Gasteiger partial charge in [-0.3, -0.25) is 4.79 Å². The predicted molar refractivity (Wildman–Crippen MR) is 101 cm³/mol. The summed E-state index contributed by atoms with van der Waals surface area (Å²) in [4.78, 5) is 13.2. The molecule has 0 aliphatic carbocycles. The lowest BCUT2D eigenvalue weighted by atomic mass is 9.85. The topological polar surface area (TPSA) is 38.3 Å². The van der Waals surface area contributed by atoms with E-state index in [0.29, 0.717) is 18.1 Å². The first-order valence-corrected chi connectivity index (χ1v) is 9.20. The molecule has 2 aliphatic rings. The summed E-state index contributed by atoms with van der Waals surface area (Å²) in [5.74, 6) is 0.733. The first-order valence-electron chi connectivity index (χ1n) is 7.90. The van der Waals surface area contributed by atoms with Crippen molar-refractivity contribution in [1.29, 1.82) is 0 Å². The summed E-state index contributed by atoms with van der Waals surface area (Å²) in [5, 5.41) is 3.86. The molecule has 0 radical (unpaired) electrons. The van der Waals surface area contributed by atoms with E-state index in [0.717, 1.165) is 28.0 Å². The highest BCUT2D eigenvalue weighted by Crippen LogP contribution is 2.33. The van der Waals surface area contributed by atoms with Crippen molar-refractivity contribution in [2.45, 2.75) is 25.2 Å². The predicted octanol–water partition coefficient (Wildman–Crippen LogP) is 4.56. The summed E-state index contributed by atoms with van der Waals surface area (Å²) >= 11 is 9.56. The number of benzene rings is 1. The molecule has 0 spiro atoms. The molecule has 2 aliphatic heterocycles. The Morgan fingerprint density at radius 2 is 2.25 bits per heavy atom. The Balaban J connectivity index is 1.82. The van der Waals surface area contributed by atoms with Crippen molar-refractivity contribution >= 4 is 33.3 Å². The van der Waals surface area contributed by atoms with E-state index in [1.54, 1.807) is 0 Å². The second kappa shape index (κ2) is 7.16. The minimum Gasteiger partial charge on any atom is -0.493 e. The van der Waals surface area contributed by atoms with Gasteiger partial charge in [0.25, 0.3) is 0 Å². The highest BCUT2D eigenvalue weighted by atomic mass is 79.9. The van der Waals surface area contributed by atoms with Crippen molar-refractivity contribution in [2.75, 3.05) is 6.61 Å². The summed E-state index contributed by atoms with van der Waals surface area (Å²) in [7, 11) is 0. The number of hydrogen-bond acceptors (Lipinski definition) is 3. The number of ketones is 1. The van der Waals surface area contributed by atoms with E-state index >= 15 is 0 Å². The zero-order chi connectivity index (χ0) is 17.3. The lowest BCUT2D eigenvalue weighted by Gasteiger charge is -2.27. The number of fused-ring (bicyclic) bond motifs is 1. The normalized spacial score (nSPS) is 23.4. The third kappa shape index (κ3) is 3.45. The Kier molecular flexibility index (Phi) is 5.16. The number of halogens is 2. The maximum absolute atomic E-state index is 13.1. The molecule has 0 saturated heterocycles. The zero-order valence-corrected chi connectivity index (χ0v) is 15.9. The van der Waals surface area contributed by atoms with Gasteiger partial charge in [0, 0.05) is 22.4 Å². The molecule has 2 heterocycles. The molecule has 3 nitrogen and oxygen atoms in total. The minimum atomic E-state index is -0.197. The van der Waals surface area contributed by atoms with E-state index in [1.807, 2.05) is 44.3 Å². The second-order valence-corrected chi connectivity index (χ2v) is 7.43. The number of carbonyl (C=O) groups excluding carboxylic acids is 1. The van der Waals surface area contributed by atoms with Crippen molar-refractivity contribution < 1.29 is 9.53 Å². The van der Waals surface area contributed by atoms with Crippen molar-refractivity contribution in [3.05, 3.63) is 63.9 Å². The van der Waals surface area contributed by atoms with Gasteiger partial charge in [0.05, 0.1) is 12.5 Å². The Morgan fingerprint density at radius 3 is 2.96 bits per heavy atom. The summed E-state index contributed by atoms with van der Waals surface area (Å²) < 4.78 is 5.77. The summed E-state index contributed by atoms with van der Waals surface area (Å²) in [6.45, 7) is 4.32. The van der Waals surface area contributed by atoms with Crippen LogP contribution >= 0.6 is 27.5 Å². The van der Waals surface area contributed by atoms with Gasteiger partial charge in [-0.15, -0.1) is 0 Å². The number of carbonyl (C=O) groups is 1. The second-order valence-electron chi connectivity index (χ2n) is 6.01. The first-order chi connectivity index (χ1) is 11.5. The van der Waals surface area contributed by atoms with Gasteiger partial charge in [0.1, 0.15) is 10.7 Å². The molecule has 0 amide bonds. The Morgan fingerprint density at radius 1 is 1.46 bits per heavy atom. The number of alkyl halides is 1. The zero-order valence-electron chi connectivity index (χ0n) is 13.6. The number of ether oxygens (including phenoxy) is 1. The molecule has 0 saturated carbocycles. The lowest BCUT2D eigenvalue weighted by molar-refractivity contribution is -0.120. The minimum absolute atomic E-state index is 0.0986. The molecule has 126 valence electrons. The van der Waals surface area contributed by atoms with E-state index in [4.69, 9.17) is 16.3 Å². The van der Waals surface area contributed by atoms with Gasteiger partial charge in [0.15, 0.2) is 5.78 Å². The van der Waals surface area contributed by atoms with Crippen molar-refractivity contribution in [1.82, 2.24) is 5.32 Å². The number of rotatable bonds is 3. The SMILES string of the molecule is C/C=C(/C(=O)C1COc2ccc(Cl)cc2C1)C1=CNC(Br)C=C1C. The fraction of sp³-hybridized carbons (Fsp3) is 0.316. The summed E-state index contributed by atoms with van der Waals surface area (Å²) in [6.07, 6.45) is 6.49. The van der Waals surface area contributed by atoms with Crippen LogP contribution in [-0.2, 0) is 11.2 Å². The molecule has 3 rings (SSSR count). The Hall–Kier alpha value is -1.52. The van der Waals surface area contributed by atoms with Crippen LogP contribution in [0.2, 0.25) is 5.02 Å². The average Bonchev–Trinajstić information content (AvgIpc) is 2.56. The number of allylic oxidation sites excluding steroid dienone is 4. The molecule has 1 aromatic carbocycles. The van der Waals surface area contributed by atoms with Gasteiger partial charge in [-0.05, 0) is 55.7 Å². The molecule has 0 bridgehead atoms. The number of hydrogen-bond donors (Lipinski definition) is 1. The Labute approximate surface area is 155 Å². The van der Waals surface area contributed by atoms with E-state index in [9.17, 15) is 4.79 Å². The van der Waals surface area contributed by atoms with Crippen LogP contribution in [0.1, 0.15) is 19.4 Å². The number of nitrogens with one attached hydrogen (secondary N) is 1. The number of Topliss-reactive ketones (excluding diaryl/α,β-unsaturated/α-hetero) is 1. The Bertz CT molecular complexity index is 767. The van der Waals surface area contributed by atoms with Gasteiger partial charge in [0.2, 0.25) is 0 Å². The third-order valence-electron chi connectivity index (χ3n) is 4.35. The van der Waals surface area contributed by atoms with Gasteiger partial charge >= 0.3 is 0 Å². The smallest absolute Gasteiger partial charge is 0.170 e. The highest BCUT2D eigenvalue weighted by Gasteiger charge is 2.30. The van der Waals surface area contributed by atoms with E-state index in [-0.39, 0.29) is 16.7 Å². The maximum Gasteiger partial charge on any atom is 0.170 e. The van der Waals surface area contributed by atoms with Crippen LogP contribution in [0.5, 0.6) is 5.75 Å². The average molecular weight is 409 g/mol. The van der Waals surface area contributed by atoms with Crippen LogP contribution in [-0.4, -0.2) is 17.3 Å². The monoisotopic (exact) mass is 407 g/mol. The molecule has 2 unspecified atom stereocenters. The van der Waals surface area contributed by atoms with Crippen molar-refractivity contribution in [3.8, 4) is 5.75 Å². The fourth-order valence-electron chi connectivity index (χ4n) is 3.11. The largest absolute Gasteiger partial charge is 0.493 e. The molecule has 1 N–H and O–H groups in total. The number of dihydropyridines is 1. The van der Waals surface area contributed by atoms with E-state index < -0.39 is 0 Å². The lowest BCUT2D eigenvalue weighted by Crippen LogP contribution is -2.31.